The zero-order chi connectivity index (χ0) is 29.0. The molecule has 202 valence electrons. The first-order chi connectivity index (χ1) is 18.2. The Bertz CT molecular complexity index is 1490. The van der Waals surface area contributed by atoms with Gasteiger partial charge >= 0.3 is 6.18 Å². The van der Waals surface area contributed by atoms with Crippen LogP contribution in [0.4, 0.5) is 30.7 Å². The average Bonchev–Trinajstić information content (AvgIpc) is 3.11. The molecule has 0 saturated carbocycles. The van der Waals surface area contributed by atoms with Gasteiger partial charge in [-0.3, -0.25) is 24.1 Å². The van der Waals surface area contributed by atoms with Crippen LogP contribution in [0, 0.1) is 23.3 Å². The molecule has 0 bridgehead atoms. The molecule has 6 nitrogen and oxygen atoms in total. The van der Waals surface area contributed by atoms with E-state index < -0.39 is 81.6 Å². The van der Waals surface area contributed by atoms with Crippen LogP contribution in [0.15, 0.2) is 48.5 Å². The van der Waals surface area contributed by atoms with E-state index in [1.807, 2.05) is 0 Å². The smallest absolute Gasteiger partial charge is 0.368 e. The van der Waals surface area contributed by atoms with Gasteiger partial charge in [-0.15, -0.1) is 0 Å². The van der Waals surface area contributed by atoms with E-state index in [0.717, 1.165) is 31.2 Å². The molecule has 0 aromatic heterocycles. The number of Topliss-reactive ketones (excluding diaryl/α,β-unsaturated/α-hetero) is 1. The first-order valence-corrected chi connectivity index (χ1v) is 11.0. The number of imide groups is 1. The van der Waals surface area contributed by atoms with Crippen LogP contribution >= 0.6 is 0 Å². The molecule has 1 unspecified atom stereocenters. The van der Waals surface area contributed by atoms with Gasteiger partial charge in [-0.1, -0.05) is 36.4 Å². The predicted molar refractivity (Wildman–Crippen MR) is 119 cm³/mol. The monoisotopic (exact) mass is 552 g/mol. The minimum atomic E-state index is -5.85. The molecule has 0 saturated heterocycles. The summed E-state index contributed by atoms with van der Waals surface area (Å²) in [6.45, 7) is 1.16. The number of hydrogen-bond donors (Lipinski definition) is 1. The number of ketones is 1. The molecule has 3 aromatic carbocycles. The lowest BCUT2D eigenvalue weighted by molar-refractivity contribution is -0.143. The minimum absolute atomic E-state index is 0.0413. The summed E-state index contributed by atoms with van der Waals surface area (Å²) in [5, 5.41) is 0. The van der Waals surface area contributed by atoms with Gasteiger partial charge in [0.1, 0.15) is 11.6 Å². The molecule has 3 aromatic rings. The van der Waals surface area contributed by atoms with Crippen molar-refractivity contribution in [3.63, 3.8) is 0 Å². The van der Waals surface area contributed by atoms with Crippen LogP contribution in [-0.4, -0.2) is 34.4 Å². The number of rotatable bonds is 6. The Balaban J connectivity index is 2.04. The fourth-order valence-corrected chi connectivity index (χ4v) is 4.50. The first-order valence-electron chi connectivity index (χ1n) is 11.0. The van der Waals surface area contributed by atoms with E-state index in [-0.39, 0.29) is 21.6 Å². The van der Waals surface area contributed by atoms with Crippen molar-refractivity contribution < 1.29 is 49.9 Å². The quantitative estimate of drug-likeness (QED) is 0.207. The van der Waals surface area contributed by atoms with E-state index in [9.17, 15) is 41.1 Å². The summed E-state index contributed by atoms with van der Waals surface area (Å²) in [5.74, 6) is -17.4. The zero-order valence-corrected chi connectivity index (χ0v) is 19.6. The lowest BCUT2D eigenvalue weighted by Crippen LogP contribution is -2.51. The maximum Gasteiger partial charge on any atom is 0.422 e. The van der Waals surface area contributed by atoms with E-state index in [2.05, 4.69) is 0 Å². The first kappa shape index (κ1) is 27.5. The van der Waals surface area contributed by atoms with Crippen LogP contribution in [0.25, 0.3) is 0 Å². The number of nitrogens with zero attached hydrogens (tertiary/aromatic N) is 1. The second kappa shape index (κ2) is 9.64. The van der Waals surface area contributed by atoms with Gasteiger partial charge < -0.3 is 5.73 Å². The molecule has 1 aliphatic heterocycles. The molecule has 0 aliphatic carbocycles. The summed E-state index contributed by atoms with van der Waals surface area (Å²) in [6.07, 6.45) is -5.85. The van der Waals surface area contributed by atoms with Crippen molar-refractivity contribution in [3.05, 3.63) is 105 Å². The second-order valence-electron chi connectivity index (χ2n) is 8.57. The lowest BCUT2D eigenvalue weighted by atomic mass is 9.82. The number of benzene rings is 3. The van der Waals surface area contributed by atoms with Gasteiger partial charge in [-0.05, 0) is 24.6 Å². The number of primary amides is 1. The summed E-state index contributed by atoms with van der Waals surface area (Å²) < 4.78 is 99.5. The zero-order valence-electron chi connectivity index (χ0n) is 19.6. The van der Waals surface area contributed by atoms with Crippen molar-refractivity contribution in [2.24, 2.45) is 5.73 Å². The van der Waals surface area contributed by atoms with Gasteiger partial charge in [0.2, 0.25) is 5.91 Å². The highest BCUT2D eigenvalue weighted by atomic mass is 19.4. The van der Waals surface area contributed by atoms with Gasteiger partial charge in [0.15, 0.2) is 29.1 Å². The standard InChI is InChI=1S/C26H15F7N2O4/c1-10(36)11-6-8-12(9-7-11)15(16-18(27)20(29)17(26(31,32)33)21(30)19(16)28)22(23(34)37)35-24(38)13-4-2-3-5-14(13)25(35)39/h2-9,15,22H,1H3,(H2,34,37)/t15?,22-/m0/s1. The van der Waals surface area contributed by atoms with Crippen molar-refractivity contribution in [1.82, 2.24) is 4.90 Å². The third-order valence-electron chi connectivity index (χ3n) is 6.28. The van der Waals surface area contributed by atoms with Crippen molar-refractivity contribution in [3.8, 4) is 0 Å². The van der Waals surface area contributed by atoms with Crippen LogP contribution < -0.4 is 5.73 Å². The molecule has 1 aliphatic rings. The number of fused-ring (bicyclic) bond motifs is 1. The van der Waals surface area contributed by atoms with Crippen molar-refractivity contribution in [1.29, 1.82) is 0 Å². The van der Waals surface area contributed by atoms with E-state index >= 15 is 8.78 Å². The average molecular weight is 552 g/mol. The Hall–Kier alpha value is -4.55. The predicted octanol–water partition coefficient (Wildman–Crippen LogP) is 4.75. The van der Waals surface area contributed by atoms with Gasteiger partial charge in [0.05, 0.1) is 11.1 Å². The summed E-state index contributed by atoms with van der Waals surface area (Å²) in [6, 6.07) is 6.92. The highest BCUT2D eigenvalue weighted by molar-refractivity contribution is 6.23. The Kier molecular flexibility index (Phi) is 6.79. The molecular formula is C26H15F7N2O4. The maximum atomic E-state index is 15.3. The molecule has 1 heterocycles. The molecule has 4 rings (SSSR count). The number of carbonyl (C=O) groups is 4. The molecular weight excluding hydrogens is 537 g/mol. The molecule has 0 spiro atoms. The summed E-state index contributed by atoms with van der Waals surface area (Å²) in [5.41, 5.74) is 0.0403. The molecule has 0 fully saturated rings. The SMILES string of the molecule is CC(=O)c1ccc(C(c2c(F)c(F)c(C(F)(F)F)c(F)c2F)[C@@H](C(N)=O)N2C(=O)c3ccccc3C2=O)cc1. The van der Waals surface area contributed by atoms with E-state index in [1.54, 1.807) is 0 Å². The molecule has 13 heteroatoms. The highest BCUT2D eigenvalue weighted by Gasteiger charge is 2.50. The third-order valence-corrected chi connectivity index (χ3v) is 6.28. The van der Waals surface area contributed by atoms with Gasteiger partial charge in [-0.25, -0.2) is 17.6 Å². The number of halogens is 7. The number of carbonyl (C=O) groups excluding carboxylic acids is 4. The van der Waals surface area contributed by atoms with Gasteiger partial charge in [0, 0.05) is 17.0 Å². The van der Waals surface area contributed by atoms with Crippen LogP contribution in [0.5, 0.6) is 0 Å². The Morgan fingerprint density at radius 3 is 1.64 bits per heavy atom. The lowest BCUT2D eigenvalue weighted by Gasteiger charge is -2.32. The summed E-state index contributed by atoms with van der Waals surface area (Å²) in [7, 11) is 0. The second-order valence-corrected chi connectivity index (χ2v) is 8.57. The number of amides is 3. The largest absolute Gasteiger partial charge is 0.422 e. The van der Waals surface area contributed by atoms with E-state index in [4.69, 9.17) is 5.73 Å². The van der Waals surface area contributed by atoms with E-state index in [0.29, 0.717) is 0 Å². The highest BCUT2D eigenvalue weighted by Crippen LogP contribution is 2.43. The van der Waals surface area contributed by atoms with Gasteiger partial charge in [0.25, 0.3) is 11.8 Å². The normalized spacial score (nSPS) is 14.8. The summed E-state index contributed by atoms with van der Waals surface area (Å²) >= 11 is 0. The Morgan fingerprint density at radius 2 is 1.26 bits per heavy atom. The molecule has 3 amide bonds. The fourth-order valence-electron chi connectivity index (χ4n) is 4.50. The third kappa shape index (κ3) is 4.43. The van der Waals surface area contributed by atoms with Crippen molar-refractivity contribution in [2.45, 2.75) is 25.1 Å². The summed E-state index contributed by atoms with van der Waals surface area (Å²) in [4.78, 5) is 50.9. The van der Waals surface area contributed by atoms with Crippen LogP contribution in [0.2, 0.25) is 0 Å². The van der Waals surface area contributed by atoms with E-state index in [1.165, 1.54) is 24.3 Å². The number of hydrogen-bond acceptors (Lipinski definition) is 4. The molecule has 2 atom stereocenters. The number of alkyl halides is 3. The van der Waals surface area contributed by atoms with Crippen molar-refractivity contribution in [2.75, 3.05) is 0 Å². The van der Waals surface area contributed by atoms with Crippen LogP contribution in [-0.2, 0) is 11.0 Å². The van der Waals surface area contributed by atoms with Crippen LogP contribution in [0.3, 0.4) is 0 Å². The number of nitrogens with two attached hydrogens (primary N) is 1. The maximum absolute atomic E-state index is 15.3. The minimum Gasteiger partial charge on any atom is -0.368 e. The Morgan fingerprint density at radius 1 is 0.795 bits per heavy atom. The molecule has 0 radical (unpaired) electrons. The van der Waals surface area contributed by atoms with Crippen LogP contribution in [0.1, 0.15) is 60.6 Å². The molecule has 39 heavy (non-hydrogen) atoms. The van der Waals surface area contributed by atoms with Crippen molar-refractivity contribution >= 4 is 23.5 Å². The molecule has 2 N–H and O–H groups in total. The Labute approximate surface area is 214 Å². The fraction of sp³-hybridized carbons (Fsp3) is 0.154. The topological polar surface area (TPSA) is 97.5 Å². The van der Waals surface area contributed by atoms with Gasteiger partial charge in [-0.2, -0.15) is 13.2 Å².